The minimum Gasteiger partial charge on any atom is -0.494 e. The molecule has 4 rings (SSSR count). The van der Waals surface area contributed by atoms with Gasteiger partial charge in [-0.3, -0.25) is 9.78 Å². The summed E-state index contributed by atoms with van der Waals surface area (Å²) in [5.74, 6) is 0.652. The molecule has 4 aromatic rings. The predicted octanol–water partition coefficient (Wildman–Crippen LogP) is 2.82. The maximum atomic E-state index is 13.4. The zero-order valence-electron chi connectivity index (χ0n) is 15.5. The summed E-state index contributed by atoms with van der Waals surface area (Å²) in [6, 6.07) is 10.3. The van der Waals surface area contributed by atoms with Crippen LogP contribution in [0.1, 0.15) is 11.3 Å². The van der Waals surface area contributed by atoms with E-state index in [0.717, 1.165) is 17.3 Å². The smallest absolute Gasteiger partial charge is 0.203 e. The molecule has 0 radical (unpaired) electrons. The van der Waals surface area contributed by atoms with Gasteiger partial charge in [0.1, 0.15) is 11.5 Å². The zero-order valence-corrected chi connectivity index (χ0v) is 15.5. The van der Waals surface area contributed by atoms with Gasteiger partial charge in [-0.05, 0) is 11.6 Å². The standard InChI is InChI=1S/C21H16FN5O2/c1-29-18-12-24-21(25-13-18)15-4-2-3-14(7-15)8-19-20(28)5-6-27(26-19)17-9-16(22)10-23-11-17/h2-7,9-13H,8H2,1H3. The third-order valence-corrected chi connectivity index (χ3v) is 4.26. The van der Waals surface area contributed by atoms with Gasteiger partial charge in [0.15, 0.2) is 11.6 Å². The summed E-state index contributed by atoms with van der Waals surface area (Å²) in [7, 11) is 1.55. The zero-order chi connectivity index (χ0) is 20.2. The highest BCUT2D eigenvalue weighted by atomic mass is 19.1. The number of benzene rings is 1. The lowest BCUT2D eigenvalue weighted by atomic mass is 10.1. The quantitative estimate of drug-likeness (QED) is 0.522. The van der Waals surface area contributed by atoms with Crippen LogP contribution < -0.4 is 10.2 Å². The minimum absolute atomic E-state index is 0.197. The Morgan fingerprint density at radius 2 is 1.90 bits per heavy atom. The highest BCUT2D eigenvalue weighted by molar-refractivity contribution is 5.56. The Labute approximate surface area is 165 Å². The summed E-state index contributed by atoms with van der Waals surface area (Å²) in [6.45, 7) is 0. The SMILES string of the molecule is COc1cnc(-c2cccc(Cc3nn(-c4cncc(F)c4)ccc3=O)c2)nc1. The first kappa shape index (κ1) is 18.4. The number of hydrogen-bond acceptors (Lipinski definition) is 6. The van der Waals surface area contributed by atoms with Crippen molar-refractivity contribution in [2.45, 2.75) is 6.42 Å². The Kier molecular flexibility index (Phi) is 5.07. The molecule has 0 aliphatic rings. The molecule has 0 fully saturated rings. The molecule has 7 nitrogen and oxygen atoms in total. The van der Waals surface area contributed by atoms with Crippen molar-refractivity contribution in [1.82, 2.24) is 24.7 Å². The first-order chi connectivity index (χ1) is 14.1. The van der Waals surface area contributed by atoms with Crippen molar-refractivity contribution in [3.05, 3.63) is 94.7 Å². The Bertz CT molecular complexity index is 1210. The molecule has 144 valence electrons. The molecule has 3 heterocycles. The monoisotopic (exact) mass is 389 g/mol. The van der Waals surface area contributed by atoms with Crippen LogP contribution in [-0.2, 0) is 6.42 Å². The molecule has 0 aliphatic heterocycles. The number of ether oxygens (including phenoxy) is 1. The first-order valence-electron chi connectivity index (χ1n) is 8.77. The van der Waals surface area contributed by atoms with Gasteiger partial charge >= 0.3 is 0 Å². The molecule has 29 heavy (non-hydrogen) atoms. The van der Waals surface area contributed by atoms with Crippen molar-refractivity contribution in [3.8, 4) is 22.8 Å². The van der Waals surface area contributed by atoms with Crippen LogP contribution >= 0.6 is 0 Å². The minimum atomic E-state index is -0.475. The molecule has 0 saturated carbocycles. The molecule has 0 amide bonds. The first-order valence-corrected chi connectivity index (χ1v) is 8.77. The van der Waals surface area contributed by atoms with Gasteiger partial charge in [-0.25, -0.2) is 19.0 Å². The molecule has 0 spiro atoms. The van der Waals surface area contributed by atoms with Crippen molar-refractivity contribution >= 4 is 0 Å². The van der Waals surface area contributed by atoms with E-state index >= 15 is 0 Å². The molecule has 8 heteroatoms. The molecular weight excluding hydrogens is 373 g/mol. The van der Waals surface area contributed by atoms with Crippen LogP contribution in [-0.4, -0.2) is 31.8 Å². The van der Waals surface area contributed by atoms with E-state index in [-0.39, 0.29) is 5.43 Å². The van der Waals surface area contributed by atoms with Gasteiger partial charge in [0.25, 0.3) is 0 Å². The molecule has 0 unspecified atom stereocenters. The van der Waals surface area contributed by atoms with Crippen LogP contribution in [0.4, 0.5) is 4.39 Å². The number of halogens is 1. The van der Waals surface area contributed by atoms with Gasteiger partial charge in [0.05, 0.1) is 37.6 Å². The van der Waals surface area contributed by atoms with E-state index in [1.54, 1.807) is 19.5 Å². The fraction of sp³-hybridized carbons (Fsp3) is 0.0952. The largest absolute Gasteiger partial charge is 0.494 e. The Balaban J connectivity index is 1.64. The van der Waals surface area contributed by atoms with Gasteiger partial charge in [-0.2, -0.15) is 5.10 Å². The van der Waals surface area contributed by atoms with Crippen molar-refractivity contribution in [1.29, 1.82) is 0 Å². The molecule has 3 aromatic heterocycles. The summed E-state index contributed by atoms with van der Waals surface area (Å²) in [6.07, 6.45) is 7.58. The number of hydrogen-bond donors (Lipinski definition) is 0. The van der Waals surface area contributed by atoms with E-state index in [1.165, 1.54) is 29.2 Å². The summed E-state index contributed by atoms with van der Waals surface area (Å²) in [5.41, 5.74) is 2.27. The van der Waals surface area contributed by atoms with Crippen molar-refractivity contribution in [2.75, 3.05) is 7.11 Å². The lowest BCUT2D eigenvalue weighted by Gasteiger charge is -2.08. The third kappa shape index (κ3) is 4.16. The summed E-state index contributed by atoms with van der Waals surface area (Å²) in [5, 5.41) is 4.35. The maximum absolute atomic E-state index is 13.4. The lowest BCUT2D eigenvalue weighted by Crippen LogP contribution is -2.16. The van der Waals surface area contributed by atoms with Crippen LogP contribution in [0.5, 0.6) is 5.75 Å². The van der Waals surface area contributed by atoms with Crippen molar-refractivity contribution < 1.29 is 9.13 Å². The highest BCUT2D eigenvalue weighted by Gasteiger charge is 2.09. The van der Waals surface area contributed by atoms with E-state index in [1.807, 2.05) is 24.3 Å². The molecule has 1 aromatic carbocycles. The summed E-state index contributed by atoms with van der Waals surface area (Å²) in [4.78, 5) is 24.7. The van der Waals surface area contributed by atoms with E-state index in [2.05, 4.69) is 20.1 Å². The normalized spacial score (nSPS) is 10.7. The van der Waals surface area contributed by atoms with Gasteiger partial charge in [0, 0.05) is 30.3 Å². The second kappa shape index (κ2) is 7.97. The second-order valence-corrected chi connectivity index (χ2v) is 6.26. The highest BCUT2D eigenvalue weighted by Crippen LogP contribution is 2.19. The Hall–Kier alpha value is -3.94. The average molecular weight is 389 g/mol. The van der Waals surface area contributed by atoms with Crippen LogP contribution in [0.2, 0.25) is 0 Å². The van der Waals surface area contributed by atoms with E-state index in [4.69, 9.17) is 4.74 Å². The van der Waals surface area contributed by atoms with Crippen LogP contribution in [0.15, 0.2) is 72.2 Å². The summed E-state index contributed by atoms with van der Waals surface area (Å²) < 4.78 is 20.0. The van der Waals surface area contributed by atoms with Gasteiger partial charge in [-0.15, -0.1) is 0 Å². The van der Waals surface area contributed by atoms with Gasteiger partial charge in [0.2, 0.25) is 5.43 Å². The second-order valence-electron chi connectivity index (χ2n) is 6.26. The Morgan fingerprint density at radius 1 is 1.07 bits per heavy atom. The van der Waals surface area contributed by atoms with E-state index in [0.29, 0.717) is 29.4 Å². The van der Waals surface area contributed by atoms with Crippen molar-refractivity contribution in [3.63, 3.8) is 0 Å². The molecule has 0 saturated heterocycles. The third-order valence-electron chi connectivity index (χ3n) is 4.26. The number of methoxy groups -OCH3 is 1. The number of nitrogens with zero attached hydrogens (tertiary/aromatic N) is 5. The maximum Gasteiger partial charge on any atom is 0.203 e. The van der Waals surface area contributed by atoms with E-state index < -0.39 is 5.82 Å². The number of rotatable bonds is 5. The Morgan fingerprint density at radius 3 is 2.66 bits per heavy atom. The van der Waals surface area contributed by atoms with Gasteiger partial charge in [-0.1, -0.05) is 18.2 Å². The number of aromatic nitrogens is 5. The topological polar surface area (TPSA) is 82.8 Å². The fourth-order valence-electron chi connectivity index (χ4n) is 2.82. The summed E-state index contributed by atoms with van der Waals surface area (Å²) >= 11 is 0. The lowest BCUT2D eigenvalue weighted by molar-refractivity contribution is 0.411. The predicted molar refractivity (Wildman–Crippen MR) is 104 cm³/mol. The van der Waals surface area contributed by atoms with Crippen molar-refractivity contribution in [2.24, 2.45) is 0 Å². The average Bonchev–Trinajstić information content (AvgIpc) is 2.75. The van der Waals surface area contributed by atoms with Crippen LogP contribution in [0.25, 0.3) is 17.1 Å². The van der Waals surface area contributed by atoms with E-state index in [9.17, 15) is 9.18 Å². The van der Waals surface area contributed by atoms with Gasteiger partial charge < -0.3 is 4.74 Å². The molecule has 0 bridgehead atoms. The fourth-order valence-corrected chi connectivity index (χ4v) is 2.82. The molecule has 0 aliphatic carbocycles. The molecule has 0 atom stereocenters. The van der Waals surface area contributed by atoms with Crippen LogP contribution in [0, 0.1) is 5.82 Å². The molecular formula is C21H16FN5O2. The molecule has 0 N–H and O–H groups in total. The number of pyridine rings is 1. The van der Waals surface area contributed by atoms with Crippen LogP contribution in [0.3, 0.4) is 0 Å².